The van der Waals surface area contributed by atoms with Gasteiger partial charge >= 0.3 is 0 Å². The molecule has 0 saturated carbocycles. The molecule has 0 radical (unpaired) electrons. The monoisotopic (exact) mass is 350 g/mol. The van der Waals surface area contributed by atoms with Crippen molar-refractivity contribution in [3.8, 4) is 11.5 Å². The van der Waals surface area contributed by atoms with Crippen molar-refractivity contribution in [2.75, 3.05) is 18.5 Å². The van der Waals surface area contributed by atoms with Gasteiger partial charge in [0.2, 0.25) is 5.91 Å². The number of hydrogen-bond donors (Lipinski definition) is 1. The Hall–Kier alpha value is -3.08. The Morgan fingerprint density at radius 2 is 1.69 bits per heavy atom. The van der Waals surface area contributed by atoms with Crippen LogP contribution in [0.5, 0.6) is 11.5 Å². The van der Waals surface area contributed by atoms with Gasteiger partial charge in [0.1, 0.15) is 5.82 Å². The van der Waals surface area contributed by atoms with Crippen LogP contribution in [-0.2, 0) is 4.79 Å². The van der Waals surface area contributed by atoms with Crippen LogP contribution in [0.15, 0.2) is 60.7 Å². The maximum absolute atomic E-state index is 12.1. The number of fused-ring (bicyclic) bond motifs is 1. The largest absolute Gasteiger partial charge is 0.490 e. The topological polar surface area (TPSA) is 60.5 Å². The van der Waals surface area contributed by atoms with Gasteiger partial charge in [-0.1, -0.05) is 30.3 Å². The van der Waals surface area contributed by atoms with Crippen LogP contribution in [0, 0.1) is 0 Å². The van der Waals surface area contributed by atoms with Gasteiger partial charge in [0.05, 0.1) is 18.7 Å². The molecule has 0 spiro atoms. The molecule has 134 valence electrons. The molecule has 0 aliphatic rings. The minimum atomic E-state index is -0.0746. The number of hydrogen-bond acceptors (Lipinski definition) is 4. The number of nitrogens with zero attached hydrogens (tertiary/aromatic N) is 1. The Kier molecular flexibility index (Phi) is 6.04. The second kappa shape index (κ2) is 8.85. The second-order valence-electron chi connectivity index (χ2n) is 5.77. The molecule has 1 amide bonds. The second-order valence-corrected chi connectivity index (χ2v) is 5.77. The van der Waals surface area contributed by atoms with E-state index in [1.807, 2.05) is 67.6 Å². The highest BCUT2D eigenvalue weighted by Gasteiger charge is 2.06. The Labute approximate surface area is 153 Å². The van der Waals surface area contributed by atoms with Gasteiger partial charge < -0.3 is 14.8 Å². The molecule has 0 fully saturated rings. The lowest BCUT2D eigenvalue weighted by molar-refractivity contribution is -0.116. The standard InChI is InChI=1S/C21H22N2O3/c1-2-25-18-10-5-6-11-19(18)26-15-7-12-21(24)23-20-14-13-16-8-3-4-9-17(16)22-20/h3-6,8-11,13-14H,2,7,12,15H2,1H3,(H,22,23,24). The van der Waals surface area contributed by atoms with Crippen LogP contribution < -0.4 is 14.8 Å². The van der Waals surface area contributed by atoms with Gasteiger partial charge in [-0.05, 0) is 43.7 Å². The van der Waals surface area contributed by atoms with E-state index in [2.05, 4.69) is 10.3 Å². The molecule has 0 atom stereocenters. The number of nitrogens with one attached hydrogen (secondary N) is 1. The third kappa shape index (κ3) is 4.72. The molecule has 1 aromatic heterocycles. The van der Waals surface area contributed by atoms with Gasteiger partial charge in [-0.15, -0.1) is 0 Å². The summed E-state index contributed by atoms with van der Waals surface area (Å²) in [5.74, 6) is 1.91. The third-order valence-electron chi connectivity index (χ3n) is 3.82. The first-order chi connectivity index (χ1) is 12.8. The Morgan fingerprint density at radius 1 is 0.962 bits per heavy atom. The fraction of sp³-hybridized carbons (Fsp3) is 0.238. The predicted molar refractivity (Wildman–Crippen MR) is 103 cm³/mol. The summed E-state index contributed by atoms with van der Waals surface area (Å²) >= 11 is 0. The normalized spacial score (nSPS) is 10.5. The third-order valence-corrected chi connectivity index (χ3v) is 3.82. The van der Waals surface area contributed by atoms with Crippen molar-refractivity contribution in [2.45, 2.75) is 19.8 Å². The fourth-order valence-corrected chi connectivity index (χ4v) is 2.60. The number of benzene rings is 2. The van der Waals surface area contributed by atoms with Crippen molar-refractivity contribution in [2.24, 2.45) is 0 Å². The van der Waals surface area contributed by atoms with E-state index in [-0.39, 0.29) is 5.91 Å². The summed E-state index contributed by atoms with van der Waals surface area (Å²) in [6, 6.07) is 19.1. The molecule has 5 nitrogen and oxygen atoms in total. The first kappa shape index (κ1) is 17.7. The molecule has 0 unspecified atom stereocenters. The van der Waals surface area contributed by atoms with Crippen molar-refractivity contribution in [1.82, 2.24) is 4.98 Å². The van der Waals surface area contributed by atoms with Gasteiger partial charge in [0, 0.05) is 11.8 Å². The number of rotatable bonds is 8. The molecule has 2 aromatic carbocycles. The van der Waals surface area contributed by atoms with Crippen LogP contribution in [0.3, 0.4) is 0 Å². The van der Waals surface area contributed by atoms with Crippen molar-refractivity contribution < 1.29 is 14.3 Å². The average molecular weight is 350 g/mol. The van der Waals surface area contributed by atoms with Crippen LogP contribution in [0.1, 0.15) is 19.8 Å². The van der Waals surface area contributed by atoms with E-state index in [0.717, 1.165) is 16.7 Å². The fourth-order valence-electron chi connectivity index (χ4n) is 2.60. The summed E-state index contributed by atoms with van der Waals surface area (Å²) in [7, 11) is 0. The van der Waals surface area contributed by atoms with Gasteiger partial charge in [-0.25, -0.2) is 4.98 Å². The van der Waals surface area contributed by atoms with E-state index in [9.17, 15) is 4.79 Å². The summed E-state index contributed by atoms with van der Waals surface area (Å²) in [4.78, 5) is 16.5. The quantitative estimate of drug-likeness (QED) is 0.611. The maximum atomic E-state index is 12.1. The zero-order valence-electron chi connectivity index (χ0n) is 14.8. The van der Waals surface area contributed by atoms with E-state index in [1.165, 1.54) is 0 Å². The zero-order chi connectivity index (χ0) is 18.2. The predicted octanol–water partition coefficient (Wildman–Crippen LogP) is 4.43. The van der Waals surface area contributed by atoms with E-state index < -0.39 is 0 Å². The van der Waals surface area contributed by atoms with Crippen LogP contribution in [0.2, 0.25) is 0 Å². The minimum absolute atomic E-state index is 0.0746. The summed E-state index contributed by atoms with van der Waals surface area (Å²) in [5, 5.41) is 3.88. The molecule has 3 rings (SSSR count). The van der Waals surface area contributed by atoms with Crippen molar-refractivity contribution in [1.29, 1.82) is 0 Å². The van der Waals surface area contributed by atoms with Crippen molar-refractivity contribution >= 4 is 22.6 Å². The average Bonchev–Trinajstić information content (AvgIpc) is 2.66. The minimum Gasteiger partial charge on any atom is -0.490 e. The number of ether oxygens (including phenoxy) is 2. The van der Waals surface area contributed by atoms with Gasteiger partial charge in [0.25, 0.3) is 0 Å². The Bertz CT molecular complexity index is 880. The summed E-state index contributed by atoms with van der Waals surface area (Å²) in [6.45, 7) is 2.96. The van der Waals surface area contributed by atoms with Gasteiger partial charge in [-0.2, -0.15) is 0 Å². The summed E-state index contributed by atoms with van der Waals surface area (Å²) in [5.41, 5.74) is 0.862. The Morgan fingerprint density at radius 3 is 2.50 bits per heavy atom. The number of amides is 1. The highest BCUT2D eigenvalue weighted by atomic mass is 16.5. The molecule has 3 aromatic rings. The van der Waals surface area contributed by atoms with Crippen LogP contribution in [0.25, 0.3) is 10.9 Å². The van der Waals surface area contributed by atoms with E-state index in [1.54, 1.807) is 0 Å². The highest BCUT2D eigenvalue weighted by molar-refractivity contribution is 5.91. The molecule has 0 saturated heterocycles. The molecule has 0 aliphatic carbocycles. The molecule has 0 aliphatic heterocycles. The number of pyridine rings is 1. The van der Waals surface area contributed by atoms with Crippen LogP contribution in [0.4, 0.5) is 5.82 Å². The summed E-state index contributed by atoms with van der Waals surface area (Å²) < 4.78 is 11.2. The number of carbonyl (C=O) groups is 1. The molecule has 1 heterocycles. The van der Waals surface area contributed by atoms with Crippen molar-refractivity contribution in [3.05, 3.63) is 60.7 Å². The van der Waals surface area contributed by atoms with E-state index in [4.69, 9.17) is 9.47 Å². The zero-order valence-corrected chi connectivity index (χ0v) is 14.8. The highest BCUT2D eigenvalue weighted by Crippen LogP contribution is 2.26. The van der Waals surface area contributed by atoms with Gasteiger partial charge in [-0.3, -0.25) is 4.79 Å². The molecular formula is C21H22N2O3. The van der Waals surface area contributed by atoms with Gasteiger partial charge in [0.15, 0.2) is 11.5 Å². The number of anilines is 1. The lowest BCUT2D eigenvalue weighted by Crippen LogP contribution is -2.13. The SMILES string of the molecule is CCOc1ccccc1OCCCC(=O)Nc1ccc2ccccc2n1. The van der Waals surface area contributed by atoms with E-state index in [0.29, 0.717) is 37.6 Å². The number of carbonyl (C=O) groups excluding carboxylic acids is 1. The number of aromatic nitrogens is 1. The van der Waals surface area contributed by atoms with Crippen LogP contribution in [-0.4, -0.2) is 24.1 Å². The molecule has 1 N–H and O–H groups in total. The first-order valence-corrected chi connectivity index (χ1v) is 8.76. The van der Waals surface area contributed by atoms with Crippen LogP contribution >= 0.6 is 0 Å². The lowest BCUT2D eigenvalue weighted by Gasteiger charge is -2.11. The van der Waals surface area contributed by atoms with Crippen molar-refractivity contribution in [3.63, 3.8) is 0 Å². The van der Waals surface area contributed by atoms with E-state index >= 15 is 0 Å². The number of para-hydroxylation sites is 3. The Balaban J connectivity index is 1.47. The molecular weight excluding hydrogens is 328 g/mol. The molecule has 26 heavy (non-hydrogen) atoms. The molecule has 0 bridgehead atoms. The first-order valence-electron chi connectivity index (χ1n) is 8.76. The summed E-state index contributed by atoms with van der Waals surface area (Å²) in [6.07, 6.45) is 0.977. The maximum Gasteiger partial charge on any atom is 0.225 e. The molecule has 5 heteroatoms. The lowest BCUT2D eigenvalue weighted by atomic mass is 10.2. The smallest absolute Gasteiger partial charge is 0.225 e.